The molecule has 136 valence electrons. The Bertz CT molecular complexity index is 658. The van der Waals surface area contributed by atoms with Crippen LogP contribution in [0, 0.1) is 12.8 Å². The topological polar surface area (TPSA) is 58.6 Å². The van der Waals surface area contributed by atoms with Gasteiger partial charge < -0.3 is 10.1 Å². The number of nitrogens with one attached hydrogen (secondary N) is 1. The molecular formula is C20H28N2O3. The van der Waals surface area contributed by atoms with Crippen molar-refractivity contribution in [3.8, 4) is 5.75 Å². The number of rotatable bonds is 4. The van der Waals surface area contributed by atoms with Crippen LogP contribution < -0.4 is 15.0 Å². The minimum absolute atomic E-state index is 0.0539. The number of fused-ring (bicyclic) bond motifs is 1. The van der Waals surface area contributed by atoms with E-state index in [0.717, 1.165) is 24.8 Å². The van der Waals surface area contributed by atoms with Crippen LogP contribution in [0.15, 0.2) is 18.2 Å². The summed E-state index contributed by atoms with van der Waals surface area (Å²) in [6.45, 7) is 6.14. The van der Waals surface area contributed by atoms with Crippen LogP contribution >= 0.6 is 0 Å². The molecule has 1 aliphatic heterocycles. The Morgan fingerprint density at radius 1 is 1.32 bits per heavy atom. The first-order valence-corrected chi connectivity index (χ1v) is 9.37. The third-order valence-electron chi connectivity index (χ3n) is 5.35. The van der Waals surface area contributed by atoms with Gasteiger partial charge >= 0.3 is 0 Å². The van der Waals surface area contributed by atoms with E-state index in [1.165, 1.54) is 6.42 Å². The summed E-state index contributed by atoms with van der Waals surface area (Å²) in [6, 6.07) is 5.98. The summed E-state index contributed by atoms with van der Waals surface area (Å²) in [5.41, 5.74) is 1.73. The van der Waals surface area contributed by atoms with Gasteiger partial charge in [0.15, 0.2) is 6.10 Å². The molecule has 1 saturated carbocycles. The summed E-state index contributed by atoms with van der Waals surface area (Å²) >= 11 is 0. The van der Waals surface area contributed by atoms with Crippen molar-refractivity contribution in [1.29, 1.82) is 0 Å². The van der Waals surface area contributed by atoms with E-state index in [1.54, 1.807) is 4.90 Å². The van der Waals surface area contributed by atoms with Crippen molar-refractivity contribution in [3.05, 3.63) is 23.8 Å². The van der Waals surface area contributed by atoms with Crippen LogP contribution in [0.5, 0.6) is 5.75 Å². The number of carbonyl (C=O) groups is 2. The maximum atomic E-state index is 12.7. The van der Waals surface area contributed by atoms with Crippen molar-refractivity contribution in [2.75, 3.05) is 11.4 Å². The van der Waals surface area contributed by atoms with Crippen molar-refractivity contribution in [1.82, 2.24) is 5.32 Å². The molecule has 2 amide bonds. The Morgan fingerprint density at radius 2 is 2.08 bits per heavy atom. The van der Waals surface area contributed by atoms with Crippen LogP contribution in [0.3, 0.4) is 0 Å². The number of hydrogen-bond donors (Lipinski definition) is 1. The molecule has 0 bridgehead atoms. The van der Waals surface area contributed by atoms with Crippen LogP contribution in [0.25, 0.3) is 0 Å². The van der Waals surface area contributed by atoms with Gasteiger partial charge in [0.2, 0.25) is 5.91 Å². The van der Waals surface area contributed by atoms with Crippen LogP contribution in [0.4, 0.5) is 5.69 Å². The summed E-state index contributed by atoms with van der Waals surface area (Å²) in [4.78, 5) is 26.9. The molecule has 1 aromatic carbocycles. The first kappa shape index (κ1) is 17.8. The second-order valence-electron chi connectivity index (χ2n) is 7.35. The molecule has 1 aromatic rings. The monoisotopic (exact) mass is 344 g/mol. The molecule has 2 aliphatic rings. The molecule has 0 aromatic heterocycles. The van der Waals surface area contributed by atoms with Crippen molar-refractivity contribution in [3.63, 3.8) is 0 Å². The van der Waals surface area contributed by atoms with Crippen molar-refractivity contribution >= 4 is 17.5 Å². The van der Waals surface area contributed by atoms with Crippen LogP contribution in [0.2, 0.25) is 0 Å². The van der Waals surface area contributed by atoms with Gasteiger partial charge in [0, 0.05) is 6.04 Å². The lowest BCUT2D eigenvalue weighted by Gasteiger charge is -2.35. The molecular weight excluding hydrogens is 316 g/mol. The second kappa shape index (κ2) is 7.46. The van der Waals surface area contributed by atoms with E-state index in [4.69, 9.17) is 4.74 Å². The fourth-order valence-corrected chi connectivity index (χ4v) is 3.78. The molecule has 0 spiro atoms. The maximum Gasteiger partial charge on any atom is 0.268 e. The molecule has 1 fully saturated rings. The summed E-state index contributed by atoms with van der Waals surface area (Å²) in [5, 5.41) is 3.14. The summed E-state index contributed by atoms with van der Waals surface area (Å²) in [7, 11) is 0. The minimum atomic E-state index is -0.517. The van der Waals surface area contributed by atoms with Crippen molar-refractivity contribution < 1.29 is 14.3 Å². The average molecular weight is 344 g/mol. The lowest BCUT2D eigenvalue weighted by molar-refractivity contribution is -0.129. The number of carbonyl (C=O) groups excluding carboxylic acids is 2. The van der Waals surface area contributed by atoms with Crippen LogP contribution in [-0.4, -0.2) is 30.5 Å². The lowest BCUT2D eigenvalue weighted by atomic mass is 9.86. The Kier molecular flexibility index (Phi) is 5.30. The number of ether oxygens (including phenoxy) is 1. The number of hydrogen-bond acceptors (Lipinski definition) is 3. The smallest absolute Gasteiger partial charge is 0.268 e. The van der Waals surface area contributed by atoms with Crippen LogP contribution in [-0.2, 0) is 9.59 Å². The van der Waals surface area contributed by atoms with Crippen molar-refractivity contribution in [2.24, 2.45) is 5.92 Å². The minimum Gasteiger partial charge on any atom is -0.478 e. The molecule has 0 saturated heterocycles. The van der Waals surface area contributed by atoms with Crippen molar-refractivity contribution in [2.45, 2.75) is 65.0 Å². The van der Waals surface area contributed by atoms with E-state index >= 15 is 0 Å². The number of amides is 2. The van der Waals surface area contributed by atoms with Gasteiger partial charge in [-0.25, -0.2) is 0 Å². The van der Waals surface area contributed by atoms with Gasteiger partial charge in [-0.2, -0.15) is 0 Å². The van der Waals surface area contributed by atoms with E-state index in [2.05, 4.69) is 12.2 Å². The fourth-order valence-electron chi connectivity index (χ4n) is 3.78. The summed E-state index contributed by atoms with van der Waals surface area (Å²) in [6.07, 6.45) is 4.64. The van der Waals surface area contributed by atoms with E-state index in [-0.39, 0.29) is 24.4 Å². The zero-order chi connectivity index (χ0) is 18.0. The van der Waals surface area contributed by atoms with E-state index < -0.39 is 6.10 Å². The second-order valence-corrected chi connectivity index (χ2v) is 7.35. The van der Waals surface area contributed by atoms with E-state index in [1.807, 2.05) is 32.0 Å². The Morgan fingerprint density at radius 3 is 2.80 bits per heavy atom. The molecule has 3 atom stereocenters. The zero-order valence-corrected chi connectivity index (χ0v) is 15.4. The largest absolute Gasteiger partial charge is 0.478 e. The molecule has 3 rings (SSSR count). The first-order valence-electron chi connectivity index (χ1n) is 9.37. The third kappa shape index (κ3) is 3.80. The SMILES string of the molecule is CC[C@@H]1Oc2ccc(C)cc2N(CC(=O)N[C@H]2CCCC[C@H]2C)C1=O. The van der Waals surface area contributed by atoms with E-state index in [9.17, 15) is 9.59 Å². The highest BCUT2D eigenvalue weighted by Gasteiger charge is 2.35. The lowest BCUT2D eigenvalue weighted by Crippen LogP contribution is -2.51. The fraction of sp³-hybridized carbons (Fsp3) is 0.600. The Hall–Kier alpha value is -2.04. The first-order chi connectivity index (χ1) is 12.0. The molecule has 1 heterocycles. The van der Waals surface area contributed by atoms with Crippen LogP contribution in [0.1, 0.15) is 51.5 Å². The van der Waals surface area contributed by atoms with Gasteiger partial charge in [0.1, 0.15) is 12.3 Å². The Labute approximate surface area is 149 Å². The van der Waals surface area contributed by atoms with Gasteiger partial charge in [0.05, 0.1) is 5.69 Å². The summed E-state index contributed by atoms with van der Waals surface area (Å²) < 4.78 is 5.80. The quantitative estimate of drug-likeness (QED) is 0.912. The summed E-state index contributed by atoms with van der Waals surface area (Å²) in [5.74, 6) is 0.954. The van der Waals surface area contributed by atoms with Gasteiger partial charge in [0.25, 0.3) is 5.91 Å². The number of anilines is 1. The van der Waals surface area contributed by atoms with Gasteiger partial charge in [-0.3, -0.25) is 14.5 Å². The zero-order valence-electron chi connectivity index (χ0n) is 15.4. The molecule has 1 aliphatic carbocycles. The maximum absolute atomic E-state index is 12.7. The number of nitrogens with zero attached hydrogens (tertiary/aromatic N) is 1. The molecule has 0 radical (unpaired) electrons. The highest BCUT2D eigenvalue weighted by molar-refractivity contribution is 6.03. The molecule has 0 unspecified atom stereocenters. The highest BCUT2D eigenvalue weighted by atomic mass is 16.5. The van der Waals surface area contributed by atoms with Gasteiger partial charge in [-0.05, 0) is 49.8 Å². The molecule has 25 heavy (non-hydrogen) atoms. The predicted octanol–water partition coefficient (Wildman–Crippen LogP) is 3.19. The van der Waals surface area contributed by atoms with Gasteiger partial charge in [-0.15, -0.1) is 0 Å². The normalized spacial score (nSPS) is 26.0. The molecule has 1 N–H and O–H groups in total. The van der Waals surface area contributed by atoms with E-state index in [0.29, 0.717) is 23.8 Å². The third-order valence-corrected chi connectivity index (χ3v) is 5.35. The number of benzene rings is 1. The molecule has 5 nitrogen and oxygen atoms in total. The standard InChI is InChI=1S/C20H28N2O3/c1-4-17-20(24)22(16-11-13(2)9-10-18(16)25-17)12-19(23)21-15-8-6-5-7-14(15)3/h9-11,14-15,17H,4-8,12H2,1-3H3,(H,21,23)/t14-,15+,17+/m1/s1. The molecule has 5 heteroatoms. The van der Waals surface area contributed by atoms with Gasteiger partial charge in [-0.1, -0.05) is 32.8 Å². The average Bonchev–Trinajstić information content (AvgIpc) is 2.59. The highest BCUT2D eigenvalue weighted by Crippen LogP contribution is 2.35. The predicted molar refractivity (Wildman–Crippen MR) is 97.8 cm³/mol. The number of aryl methyl sites for hydroxylation is 1. The Balaban J connectivity index is 1.76.